The summed E-state index contributed by atoms with van der Waals surface area (Å²) in [7, 11) is -2.48. The summed E-state index contributed by atoms with van der Waals surface area (Å²) in [6.45, 7) is 6.28. The Morgan fingerprint density at radius 2 is 1.83 bits per heavy atom. The van der Waals surface area contributed by atoms with Gasteiger partial charge in [-0.2, -0.15) is 0 Å². The number of nitrogens with zero attached hydrogens (tertiary/aromatic N) is 1. The van der Waals surface area contributed by atoms with Gasteiger partial charge in [-0.15, -0.1) is 0 Å². The summed E-state index contributed by atoms with van der Waals surface area (Å²) >= 11 is 0. The van der Waals surface area contributed by atoms with E-state index in [1.165, 1.54) is 13.2 Å². The number of anilines is 2. The first-order valence-corrected chi connectivity index (χ1v) is 13.8. The summed E-state index contributed by atoms with van der Waals surface area (Å²) in [5.74, 6) is 0.769. The lowest BCUT2D eigenvalue weighted by Crippen LogP contribution is -2.41. The number of benzene rings is 2. The Balaban J connectivity index is 1.48. The zero-order valence-corrected chi connectivity index (χ0v) is 21.3. The second kappa shape index (κ2) is 9.02. The SMILES string of the molecule is COc1ccccc1S(=O)(=O)Nc1cc(OC2CCN(C(C)C)CC2)c2c(c1)C1(CCC1)C(=O)N2. The van der Waals surface area contributed by atoms with Crippen molar-refractivity contribution in [3.63, 3.8) is 0 Å². The summed E-state index contributed by atoms with van der Waals surface area (Å²) in [5.41, 5.74) is 1.29. The third-order valence-corrected chi connectivity index (χ3v) is 9.03. The molecule has 2 fully saturated rings. The minimum absolute atomic E-state index is 0.00465. The van der Waals surface area contributed by atoms with Crippen LogP contribution in [0.1, 0.15) is 51.5 Å². The van der Waals surface area contributed by atoms with Gasteiger partial charge in [-0.1, -0.05) is 18.6 Å². The third-order valence-electron chi connectivity index (χ3n) is 7.61. The predicted molar refractivity (Wildman–Crippen MR) is 135 cm³/mol. The summed E-state index contributed by atoms with van der Waals surface area (Å²) in [6.07, 6.45) is 4.23. The van der Waals surface area contributed by atoms with E-state index in [1.807, 2.05) is 0 Å². The minimum atomic E-state index is -3.92. The molecule has 9 heteroatoms. The number of ether oxygens (including phenoxy) is 2. The highest BCUT2D eigenvalue weighted by Crippen LogP contribution is 2.54. The number of sulfonamides is 1. The first-order chi connectivity index (χ1) is 16.7. The first kappa shape index (κ1) is 23.9. The van der Waals surface area contributed by atoms with Gasteiger partial charge in [0.15, 0.2) is 0 Å². The van der Waals surface area contributed by atoms with Crippen molar-refractivity contribution in [2.24, 2.45) is 0 Å². The van der Waals surface area contributed by atoms with Gasteiger partial charge < -0.3 is 19.7 Å². The number of para-hydroxylation sites is 1. The molecule has 1 amide bonds. The van der Waals surface area contributed by atoms with Crippen molar-refractivity contribution in [3.05, 3.63) is 42.0 Å². The van der Waals surface area contributed by atoms with E-state index in [0.717, 1.165) is 50.8 Å². The summed E-state index contributed by atoms with van der Waals surface area (Å²) < 4.78 is 41.0. The molecule has 2 aromatic carbocycles. The summed E-state index contributed by atoms with van der Waals surface area (Å²) in [6, 6.07) is 10.5. The Bertz CT molecular complexity index is 1230. The molecule has 1 spiro atoms. The number of hydrogen-bond acceptors (Lipinski definition) is 6. The van der Waals surface area contributed by atoms with Crippen molar-refractivity contribution >= 4 is 27.3 Å². The molecule has 1 saturated carbocycles. The molecule has 2 N–H and O–H groups in total. The summed E-state index contributed by atoms with van der Waals surface area (Å²) in [5, 5.41) is 3.04. The fourth-order valence-corrected chi connectivity index (χ4v) is 6.61. The van der Waals surface area contributed by atoms with Crippen molar-refractivity contribution in [2.45, 2.75) is 68.4 Å². The van der Waals surface area contributed by atoms with Gasteiger partial charge in [0.05, 0.1) is 23.9 Å². The summed E-state index contributed by atoms with van der Waals surface area (Å²) in [4.78, 5) is 15.4. The Labute approximate surface area is 207 Å². The van der Waals surface area contributed by atoms with E-state index >= 15 is 0 Å². The normalized spacial score (nSPS) is 19.8. The van der Waals surface area contributed by atoms with Crippen LogP contribution in [0.4, 0.5) is 11.4 Å². The van der Waals surface area contributed by atoms with Crippen LogP contribution in [0.2, 0.25) is 0 Å². The van der Waals surface area contributed by atoms with E-state index in [0.29, 0.717) is 23.2 Å². The van der Waals surface area contributed by atoms with Gasteiger partial charge in [0.1, 0.15) is 22.5 Å². The predicted octanol–water partition coefficient (Wildman–Crippen LogP) is 4.12. The maximum atomic E-state index is 13.3. The van der Waals surface area contributed by atoms with E-state index in [4.69, 9.17) is 9.47 Å². The number of carbonyl (C=O) groups is 1. The Morgan fingerprint density at radius 3 is 2.46 bits per heavy atom. The monoisotopic (exact) mass is 499 g/mol. The molecular weight excluding hydrogens is 466 g/mol. The Morgan fingerprint density at radius 1 is 1.11 bits per heavy atom. The smallest absolute Gasteiger partial charge is 0.265 e. The van der Waals surface area contributed by atoms with Crippen molar-refractivity contribution in [3.8, 4) is 11.5 Å². The number of fused-ring (bicyclic) bond motifs is 2. The van der Waals surface area contributed by atoms with Gasteiger partial charge in [0.2, 0.25) is 5.91 Å². The fraction of sp³-hybridized carbons (Fsp3) is 0.500. The van der Waals surface area contributed by atoms with Crippen LogP contribution in [0.3, 0.4) is 0 Å². The molecule has 8 nitrogen and oxygen atoms in total. The number of hydrogen-bond donors (Lipinski definition) is 2. The lowest BCUT2D eigenvalue weighted by Gasteiger charge is -2.36. The molecule has 188 valence electrons. The number of nitrogens with one attached hydrogen (secondary N) is 2. The molecule has 0 bridgehead atoms. The lowest BCUT2D eigenvalue weighted by molar-refractivity contribution is -0.123. The van der Waals surface area contributed by atoms with Crippen LogP contribution in [-0.2, 0) is 20.2 Å². The molecule has 0 aromatic heterocycles. The zero-order chi connectivity index (χ0) is 24.8. The molecule has 0 radical (unpaired) electrons. The van der Waals surface area contributed by atoms with Gasteiger partial charge in [-0.3, -0.25) is 9.52 Å². The van der Waals surface area contributed by atoms with Crippen molar-refractivity contribution in [2.75, 3.05) is 30.2 Å². The number of piperidine rings is 1. The number of likely N-dealkylation sites (tertiary alicyclic amines) is 1. The van der Waals surface area contributed by atoms with Crippen LogP contribution >= 0.6 is 0 Å². The third kappa shape index (κ3) is 4.25. The Kier molecular flexibility index (Phi) is 6.17. The second-order valence-electron chi connectivity index (χ2n) is 9.99. The molecule has 0 unspecified atom stereocenters. The largest absolute Gasteiger partial charge is 0.495 e. The molecule has 0 atom stereocenters. The molecule has 5 rings (SSSR count). The molecule has 2 heterocycles. The van der Waals surface area contributed by atoms with Crippen LogP contribution in [0.25, 0.3) is 0 Å². The number of amides is 1. The molecule has 1 saturated heterocycles. The van der Waals surface area contributed by atoms with Crippen molar-refractivity contribution in [1.82, 2.24) is 4.90 Å². The van der Waals surface area contributed by atoms with E-state index in [2.05, 4.69) is 28.8 Å². The van der Waals surface area contributed by atoms with E-state index < -0.39 is 15.4 Å². The highest BCUT2D eigenvalue weighted by atomic mass is 32.2. The Hall–Kier alpha value is -2.78. The highest BCUT2D eigenvalue weighted by molar-refractivity contribution is 7.92. The van der Waals surface area contributed by atoms with E-state index in [1.54, 1.807) is 30.3 Å². The molecule has 1 aliphatic carbocycles. The topological polar surface area (TPSA) is 97.0 Å². The minimum Gasteiger partial charge on any atom is -0.495 e. The average molecular weight is 500 g/mol. The molecule has 35 heavy (non-hydrogen) atoms. The van der Waals surface area contributed by atoms with Crippen LogP contribution in [0.5, 0.6) is 11.5 Å². The molecule has 2 aromatic rings. The van der Waals surface area contributed by atoms with E-state index in [9.17, 15) is 13.2 Å². The standard InChI is InChI=1S/C26H33N3O5S/c1-17(2)29-13-9-19(10-14-29)34-22-16-18(15-20-24(22)27-25(30)26(20)11-6-12-26)28-35(31,32)23-8-5-4-7-21(23)33-3/h4-5,7-8,15-17,19,28H,6,9-14H2,1-3H3,(H,27,30). The van der Waals surface area contributed by atoms with Gasteiger partial charge in [0.25, 0.3) is 10.0 Å². The van der Waals surface area contributed by atoms with Crippen LogP contribution < -0.4 is 19.5 Å². The number of rotatable bonds is 7. The first-order valence-electron chi connectivity index (χ1n) is 12.3. The van der Waals surface area contributed by atoms with Gasteiger partial charge in [-0.05, 0) is 63.3 Å². The number of methoxy groups -OCH3 is 1. The molecule has 2 aliphatic heterocycles. The zero-order valence-electron chi connectivity index (χ0n) is 20.5. The molecular formula is C26H33N3O5S. The number of carbonyl (C=O) groups excluding carboxylic acids is 1. The molecule has 3 aliphatic rings. The van der Waals surface area contributed by atoms with Crippen LogP contribution in [-0.4, -0.2) is 51.6 Å². The van der Waals surface area contributed by atoms with Crippen molar-refractivity contribution < 1.29 is 22.7 Å². The average Bonchev–Trinajstić information content (AvgIpc) is 3.11. The maximum absolute atomic E-state index is 13.3. The second-order valence-corrected chi connectivity index (χ2v) is 11.6. The fourth-order valence-electron chi connectivity index (χ4n) is 5.40. The lowest BCUT2D eigenvalue weighted by atomic mass is 9.65. The van der Waals surface area contributed by atoms with Crippen molar-refractivity contribution in [1.29, 1.82) is 0 Å². The highest BCUT2D eigenvalue weighted by Gasteiger charge is 2.52. The van der Waals surface area contributed by atoms with Crippen LogP contribution in [0, 0.1) is 0 Å². The van der Waals surface area contributed by atoms with Gasteiger partial charge in [-0.25, -0.2) is 8.42 Å². The van der Waals surface area contributed by atoms with Gasteiger partial charge in [0, 0.05) is 25.2 Å². The quantitative estimate of drug-likeness (QED) is 0.595. The van der Waals surface area contributed by atoms with Gasteiger partial charge >= 0.3 is 0 Å². The van der Waals surface area contributed by atoms with E-state index in [-0.39, 0.29) is 22.7 Å². The maximum Gasteiger partial charge on any atom is 0.265 e. The van der Waals surface area contributed by atoms with Crippen LogP contribution in [0.15, 0.2) is 41.3 Å².